The van der Waals surface area contributed by atoms with Crippen molar-refractivity contribution >= 4 is 17.3 Å². The molecule has 2 nitrogen and oxygen atoms in total. The Morgan fingerprint density at radius 2 is 2.05 bits per heavy atom. The highest BCUT2D eigenvalue weighted by Crippen LogP contribution is 2.32. The highest BCUT2D eigenvalue weighted by molar-refractivity contribution is 6.30. The van der Waals surface area contributed by atoms with Crippen molar-refractivity contribution < 1.29 is 9.50 Å². The van der Waals surface area contributed by atoms with Crippen LogP contribution in [-0.2, 0) is 6.42 Å². The van der Waals surface area contributed by atoms with E-state index in [2.05, 4.69) is 5.32 Å². The second kappa shape index (κ2) is 4.83. The predicted molar refractivity (Wildman–Crippen MR) is 73.9 cm³/mol. The molecule has 1 aliphatic heterocycles. The zero-order chi connectivity index (χ0) is 13.4. The molecule has 1 aliphatic rings. The standard InChI is InChI=1S/C15H13ClFNO/c16-11-5-10(6-12(17)8-11)15(19)14-7-9-3-1-2-4-13(9)18-14/h1-6,8,14-15,18-19H,7H2. The van der Waals surface area contributed by atoms with Crippen LogP contribution >= 0.6 is 11.6 Å². The van der Waals surface area contributed by atoms with Gasteiger partial charge in [-0.1, -0.05) is 29.8 Å². The molecule has 0 aliphatic carbocycles. The molecule has 0 spiro atoms. The number of halogens is 2. The molecule has 2 unspecified atom stereocenters. The highest BCUT2D eigenvalue weighted by atomic mass is 35.5. The quantitative estimate of drug-likeness (QED) is 0.880. The minimum Gasteiger partial charge on any atom is -0.386 e. The van der Waals surface area contributed by atoms with E-state index in [0.29, 0.717) is 17.0 Å². The molecule has 0 bridgehead atoms. The van der Waals surface area contributed by atoms with Crippen LogP contribution in [0.5, 0.6) is 0 Å². The van der Waals surface area contributed by atoms with Crippen molar-refractivity contribution in [2.75, 3.05) is 5.32 Å². The molecule has 0 amide bonds. The summed E-state index contributed by atoms with van der Waals surface area (Å²) >= 11 is 5.82. The molecule has 0 saturated carbocycles. The molecule has 0 saturated heterocycles. The topological polar surface area (TPSA) is 32.3 Å². The summed E-state index contributed by atoms with van der Waals surface area (Å²) in [5, 5.41) is 13.9. The lowest BCUT2D eigenvalue weighted by Gasteiger charge is -2.19. The van der Waals surface area contributed by atoms with Crippen molar-refractivity contribution in [3.05, 3.63) is 64.4 Å². The molecule has 0 aromatic heterocycles. The summed E-state index contributed by atoms with van der Waals surface area (Å²) in [6.07, 6.45) is -0.0773. The van der Waals surface area contributed by atoms with Crippen LogP contribution in [0.25, 0.3) is 0 Å². The summed E-state index contributed by atoms with van der Waals surface area (Å²) in [6.45, 7) is 0. The lowest BCUT2D eigenvalue weighted by molar-refractivity contribution is 0.156. The number of fused-ring (bicyclic) bond motifs is 1. The summed E-state index contributed by atoms with van der Waals surface area (Å²) in [4.78, 5) is 0. The number of benzene rings is 2. The van der Waals surface area contributed by atoms with Gasteiger partial charge in [0.15, 0.2) is 0 Å². The molecule has 1 heterocycles. The Bertz CT molecular complexity index is 572. The molecular formula is C15H13ClFNO. The second-order valence-corrected chi connectivity index (χ2v) is 5.20. The zero-order valence-electron chi connectivity index (χ0n) is 10.1. The summed E-state index contributed by atoms with van der Waals surface area (Å²) in [5.41, 5.74) is 2.68. The second-order valence-electron chi connectivity index (χ2n) is 4.76. The third-order valence-electron chi connectivity index (χ3n) is 3.41. The average molecular weight is 278 g/mol. The van der Waals surface area contributed by atoms with Gasteiger partial charge in [0.05, 0.1) is 12.1 Å². The molecular weight excluding hydrogens is 265 g/mol. The first kappa shape index (κ1) is 12.5. The molecule has 2 aromatic carbocycles. The Balaban J connectivity index is 1.84. The Morgan fingerprint density at radius 3 is 2.79 bits per heavy atom. The van der Waals surface area contributed by atoms with Gasteiger partial charge < -0.3 is 10.4 Å². The molecule has 3 rings (SSSR count). The van der Waals surface area contributed by atoms with Gasteiger partial charge in [0, 0.05) is 10.7 Å². The van der Waals surface area contributed by atoms with Crippen molar-refractivity contribution in [2.24, 2.45) is 0 Å². The third-order valence-corrected chi connectivity index (χ3v) is 3.62. The van der Waals surface area contributed by atoms with Crippen LogP contribution in [0.1, 0.15) is 17.2 Å². The summed E-state index contributed by atoms with van der Waals surface area (Å²) in [6, 6.07) is 11.9. The maximum absolute atomic E-state index is 13.3. The van der Waals surface area contributed by atoms with Gasteiger partial charge in [-0.2, -0.15) is 0 Å². The minimum absolute atomic E-state index is 0.157. The lowest BCUT2D eigenvalue weighted by Crippen LogP contribution is -2.24. The molecule has 2 atom stereocenters. The summed E-state index contributed by atoms with van der Waals surface area (Å²) in [5.74, 6) is -0.433. The fourth-order valence-corrected chi connectivity index (χ4v) is 2.73. The third kappa shape index (κ3) is 2.44. The Morgan fingerprint density at radius 1 is 1.26 bits per heavy atom. The molecule has 0 radical (unpaired) electrons. The van der Waals surface area contributed by atoms with Gasteiger partial charge in [-0.15, -0.1) is 0 Å². The van der Waals surface area contributed by atoms with E-state index in [1.54, 1.807) is 6.07 Å². The van der Waals surface area contributed by atoms with E-state index in [9.17, 15) is 9.50 Å². The maximum atomic E-state index is 13.3. The van der Waals surface area contributed by atoms with Gasteiger partial charge in [0.2, 0.25) is 0 Å². The number of rotatable bonds is 2. The van der Waals surface area contributed by atoms with Gasteiger partial charge in [-0.3, -0.25) is 0 Å². The summed E-state index contributed by atoms with van der Waals surface area (Å²) < 4.78 is 13.3. The maximum Gasteiger partial charge on any atom is 0.125 e. The van der Waals surface area contributed by atoms with Crippen LogP contribution in [0.15, 0.2) is 42.5 Å². The number of aliphatic hydroxyl groups excluding tert-OH is 1. The van der Waals surface area contributed by atoms with Gasteiger partial charge in [0.25, 0.3) is 0 Å². The van der Waals surface area contributed by atoms with Crippen LogP contribution in [0.2, 0.25) is 5.02 Å². The van der Waals surface area contributed by atoms with Crippen molar-refractivity contribution in [2.45, 2.75) is 18.6 Å². The van der Waals surface area contributed by atoms with Crippen molar-refractivity contribution in [3.8, 4) is 0 Å². The first-order valence-corrected chi connectivity index (χ1v) is 6.50. The molecule has 0 fully saturated rings. The Labute approximate surface area is 115 Å². The molecule has 19 heavy (non-hydrogen) atoms. The minimum atomic E-state index is -0.791. The van der Waals surface area contributed by atoms with Crippen LogP contribution < -0.4 is 5.32 Å². The highest BCUT2D eigenvalue weighted by Gasteiger charge is 2.27. The van der Waals surface area contributed by atoms with Crippen molar-refractivity contribution in [1.29, 1.82) is 0 Å². The van der Waals surface area contributed by atoms with Crippen molar-refractivity contribution in [1.82, 2.24) is 0 Å². The smallest absolute Gasteiger partial charge is 0.125 e. The van der Waals surface area contributed by atoms with Crippen molar-refractivity contribution in [3.63, 3.8) is 0 Å². The number of hydrogen-bond donors (Lipinski definition) is 2. The first-order chi connectivity index (χ1) is 9.13. The van der Waals surface area contributed by atoms with Gasteiger partial charge in [-0.05, 0) is 41.8 Å². The monoisotopic (exact) mass is 277 g/mol. The van der Waals surface area contributed by atoms with Crippen LogP contribution in [-0.4, -0.2) is 11.1 Å². The fraction of sp³-hybridized carbons (Fsp3) is 0.200. The van der Waals surface area contributed by atoms with Gasteiger partial charge in [-0.25, -0.2) is 4.39 Å². The lowest BCUT2D eigenvalue weighted by atomic mass is 9.99. The van der Waals surface area contributed by atoms with E-state index < -0.39 is 11.9 Å². The number of anilines is 1. The van der Waals surface area contributed by atoms with Crippen LogP contribution in [0.4, 0.5) is 10.1 Å². The zero-order valence-corrected chi connectivity index (χ0v) is 10.9. The predicted octanol–water partition coefficient (Wildman–Crippen LogP) is 3.55. The van der Waals surface area contributed by atoms with Gasteiger partial charge in [0.1, 0.15) is 5.82 Å². The van der Waals surface area contributed by atoms with E-state index in [0.717, 1.165) is 11.3 Å². The number of aliphatic hydroxyl groups is 1. The van der Waals surface area contributed by atoms with E-state index in [1.165, 1.54) is 12.1 Å². The first-order valence-electron chi connectivity index (χ1n) is 6.12. The molecule has 2 aromatic rings. The van der Waals surface area contributed by atoms with Crippen LogP contribution in [0, 0.1) is 5.82 Å². The summed E-state index contributed by atoms with van der Waals surface area (Å²) in [7, 11) is 0. The largest absolute Gasteiger partial charge is 0.386 e. The number of hydrogen-bond acceptors (Lipinski definition) is 2. The van der Waals surface area contributed by atoms with Gasteiger partial charge >= 0.3 is 0 Å². The SMILES string of the molecule is OC(c1cc(F)cc(Cl)c1)C1Cc2ccccc2N1. The molecule has 2 N–H and O–H groups in total. The van der Waals surface area contributed by atoms with E-state index >= 15 is 0 Å². The molecule has 98 valence electrons. The average Bonchev–Trinajstić information content (AvgIpc) is 2.80. The Kier molecular flexibility index (Phi) is 3.17. The number of nitrogens with one attached hydrogen (secondary N) is 1. The fourth-order valence-electron chi connectivity index (χ4n) is 2.50. The normalized spacial score (nSPS) is 18.8. The van der Waals surface area contributed by atoms with Crippen LogP contribution in [0.3, 0.4) is 0 Å². The number of para-hydroxylation sites is 1. The molecule has 4 heteroatoms. The van der Waals surface area contributed by atoms with E-state index in [4.69, 9.17) is 11.6 Å². The van der Waals surface area contributed by atoms with E-state index in [1.807, 2.05) is 24.3 Å². The van der Waals surface area contributed by atoms with E-state index in [-0.39, 0.29) is 6.04 Å². The Hall–Kier alpha value is -1.58.